The Morgan fingerprint density at radius 1 is 1.18 bits per heavy atom. The molecule has 0 unspecified atom stereocenters. The molecule has 2 fully saturated rings. The third-order valence-electron chi connectivity index (χ3n) is 4.86. The van der Waals surface area contributed by atoms with Gasteiger partial charge < -0.3 is 10.5 Å². The molecule has 2 N–H and O–H groups in total. The van der Waals surface area contributed by atoms with E-state index in [1.165, 1.54) is 24.8 Å². The van der Waals surface area contributed by atoms with Gasteiger partial charge in [0.25, 0.3) is 0 Å². The second kappa shape index (κ2) is 4.34. The van der Waals surface area contributed by atoms with Gasteiger partial charge >= 0.3 is 0 Å². The quantitative estimate of drug-likeness (QED) is 0.868. The average Bonchev–Trinajstić information content (AvgIpc) is 2.98. The Balaban J connectivity index is 1.87. The van der Waals surface area contributed by atoms with Crippen molar-refractivity contribution in [2.45, 2.75) is 25.2 Å². The van der Waals surface area contributed by atoms with Crippen LogP contribution in [0, 0.1) is 17.8 Å². The minimum absolute atomic E-state index is 0.699. The first kappa shape index (κ1) is 11.1. The predicted molar refractivity (Wildman–Crippen MR) is 69.1 cm³/mol. The monoisotopic (exact) mass is 231 g/mol. The molecule has 2 aliphatic carbocycles. The number of benzene rings is 1. The minimum atomic E-state index is 0.699. The minimum Gasteiger partial charge on any atom is -0.497 e. The molecule has 0 radical (unpaired) electrons. The third kappa shape index (κ3) is 1.75. The topological polar surface area (TPSA) is 35.2 Å². The molecule has 0 aromatic heterocycles. The molecule has 2 heteroatoms. The summed E-state index contributed by atoms with van der Waals surface area (Å²) in [6, 6.07) is 8.61. The predicted octanol–water partition coefficient (Wildman–Crippen LogP) is 2.78. The van der Waals surface area contributed by atoms with Crippen LogP contribution in [0.25, 0.3) is 0 Å². The van der Waals surface area contributed by atoms with Gasteiger partial charge in [-0.05, 0) is 67.2 Å². The highest BCUT2D eigenvalue weighted by Crippen LogP contribution is 2.56. The van der Waals surface area contributed by atoms with Crippen molar-refractivity contribution in [2.75, 3.05) is 13.7 Å². The Labute approximate surface area is 103 Å². The lowest BCUT2D eigenvalue weighted by Crippen LogP contribution is -2.27. The molecule has 0 spiro atoms. The van der Waals surface area contributed by atoms with Crippen LogP contribution in [0.5, 0.6) is 5.75 Å². The van der Waals surface area contributed by atoms with Gasteiger partial charge in [-0.1, -0.05) is 12.1 Å². The van der Waals surface area contributed by atoms with E-state index in [9.17, 15) is 0 Å². The summed E-state index contributed by atoms with van der Waals surface area (Å²) in [6.07, 6.45) is 4.20. The summed E-state index contributed by atoms with van der Waals surface area (Å²) in [5.41, 5.74) is 7.45. The lowest BCUT2D eigenvalue weighted by Gasteiger charge is -2.30. The Kier molecular flexibility index (Phi) is 2.83. The molecule has 92 valence electrons. The highest BCUT2D eigenvalue weighted by molar-refractivity contribution is 5.31. The van der Waals surface area contributed by atoms with Crippen LogP contribution in [0.2, 0.25) is 0 Å². The Bertz CT molecular complexity index is 386. The van der Waals surface area contributed by atoms with E-state index < -0.39 is 0 Å². The van der Waals surface area contributed by atoms with Crippen LogP contribution in [-0.2, 0) is 0 Å². The lowest BCUT2D eigenvalue weighted by atomic mass is 9.75. The zero-order valence-corrected chi connectivity index (χ0v) is 10.4. The Morgan fingerprint density at radius 3 is 2.53 bits per heavy atom. The SMILES string of the molecule is COc1ccc([C@@H]2[C@H]3CC[C@H](C3)[C@H]2CN)cc1. The van der Waals surface area contributed by atoms with Gasteiger partial charge in [0, 0.05) is 0 Å². The molecule has 0 saturated heterocycles. The fourth-order valence-corrected chi connectivity index (χ4v) is 4.10. The van der Waals surface area contributed by atoms with Gasteiger partial charge in [-0.3, -0.25) is 0 Å². The average molecular weight is 231 g/mol. The molecule has 4 atom stereocenters. The summed E-state index contributed by atoms with van der Waals surface area (Å²) in [4.78, 5) is 0. The Hall–Kier alpha value is -1.02. The lowest BCUT2D eigenvalue weighted by molar-refractivity contribution is 0.295. The van der Waals surface area contributed by atoms with Crippen LogP contribution >= 0.6 is 0 Å². The largest absolute Gasteiger partial charge is 0.497 e. The van der Waals surface area contributed by atoms with E-state index in [1.807, 2.05) is 0 Å². The van der Waals surface area contributed by atoms with Crippen LogP contribution in [-0.4, -0.2) is 13.7 Å². The van der Waals surface area contributed by atoms with Crippen molar-refractivity contribution in [1.82, 2.24) is 0 Å². The molecule has 17 heavy (non-hydrogen) atoms. The van der Waals surface area contributed by atoms with Gasteiger partial charge in [0.15, 0.2) is 0 Å². The highest BCUT2D eigenvalue weighted by atomic mass is 16.5. The maximum atomic E-state index is 5.98. The van der Waals surface area contributed by atoms with Gasteiger partial charge in [-0.2, -0.15) is 0 Å². The van der Waals surface area contributed by atoms with Crippen LogP contribution in [0.15, 0.2) is 24.3 Å². The first-order valence-corrected chi connectivity index (χ1v) is 6.67. The summed E-state index contributed by atoms with van der Waals surface area (Å²) in [6.45, 7) is 0.845. The zero-order valence-electron chi connectivity index (χ0n) is 10.4. The first-order valence-electron chi connectivity index (χ1n) is 6.67. The van der Waals surface area contributed by atoms with E-state index in [0.29, 0.717) is 11.8 Å². The third-order valence-corrected chi connectivity index (χ3v) is 4.86. The van der Waals surface area contributed by atoms with Gasteiger partial charge in [-0.25, -0.2) is 0 Å². The van der Waals surface area contributed by atoms with E-state index >= 15 is 0 Å². The summed E-state index contributed by atoms with van der Waals surface area (Å²) in [5.74, 6) is 4.12. The van der Waals surface area contributed by atoms with Crippen LogP contribution in [0.3, 0.4) is 0 Å². The molecule has 0 heterocycles. The molecule has 1 aromatic rings. The van der Waals surface area contributed by atoms with Crippen LogP contribution < -0.4 is 10.5 Å². The number of fused-ring (bicyclic) bond motifs is 2. The molecule has 2 saturated carbocycles. The summed E-state index contributed by atoms with van der Waals surface area (Å²) in [7, 11) is 1.72. The van der Waals surface area contributed by atoms with Gasteiger partial charge in [-0.15, -0.1) is 0 Å². The van der Waals surface area contributed by atoms with Crippen molar-refractivity contribution < 1.29 is 4.74 Å². The maximum Gasteiger partial charge on any atom is 0.118 e. The summed E-state index contributed by atoms with van der Waals surface area (Å²) in [5, 5.41) is 0. The molecular formula is C15H21NO. The van der Waals surface area contributed by atoms with Crippen molar-refractivity contribution in [3.8, 4) is 5.75 Å². The van der Waals surface area contributed by atoms with E-state index in [4.69, 9.17) is 10.5 Å². The molecular weight excluding hydrogens is 210 g/mol. The second-order valence-electron chi connectivity index (χ2n) is 5.53. The van der Waals surface area contributed by atoms with Crippen molar-refractivity contribution in [3.63, 3.8) is 0 Å². The van der Waals surface area contributed by atoms with E-state index in [1.54, 1.807) is 7.11 Å². The smallest absolute Gasteiger partial charge is 0.118 e. The molecule has 0 amide bonds. The molecule has 2 aliphatic rings. The number of methoxy groups -OCH3 is 1. The zero-order chi connectivity index (χ0) is 11.8. The standard InChI is InChI=1S/C15H21NO/c1-17-13-6-4-10(5-7-13)15-12-3-2-11(8-12)14(15)9-16/h4-7,11-12,14-15H,2-3,8-9,16H2,1H3/t11-,12+,14-,15-/m1/s1. The number of ether oxygens (including phenoxy) is 1. The van der Waals surface area contributed by atoms with Crippen molar-refractivity contribution in [2.24, 2.45) is 23.5 Å². The van der Waals surface area contributed by atoms with Gasteiger partial charge in [0.1, 0.15) is 5.75 Å². The second-order valence-corrected chi connectivity index (χ2v) is 5.53. The molecule has 2 nitrogen and oxygen atoms in total. The van der Waals surface area contributed by atoms with Crippen molar-refractivity contribution >= 4 is 0 Å². The number of rotatable bonds is 3. The molecule has 3 rings (SSSR count). The van der Waals surface area contributed by atoms with E-state index in [0.717, 1.165) is 24.1 Å². The molecule has 2 bridgehead atoms. The van der Waals surface area contributed by atoms with Crippen LogP contribution in [0.4, 0.5) is 0 Å². The molecule has 0 aliphatic heterocycles. The summed E-state index contributed by atoms with van der Waals surface area (Å²) >= 11 is 0. The van der Waals surface area contributed by atoms with Gasteiger partial charge in [0.05, 0.1) is 7.11 Å². The van der Waals surface area contributed by atoms with Crippen molar-refractivity contribution in [3.05, 3.63) is 29.8 Å². The fraction of sp³-hybridized carbons (Fsp3) is 0.600. The summed E-state index contributed by atoms with van der Waals surface area (Å²) < 4.78 is 5.22. The highest BCUT2D eigenvalue weighted by Gasteiger charge is 2.47. The van der Waals surface area contributed by atoms with E-state index in [2.05, 4.69) is 24.3 Å². The van der Waals surface area contributed by atoms with Crippen LogP contribution in [0.1, 0.15) is 30.7 Å². The number of hydrogen-bond acceptors (Lipinski definition) is 2. The Morgan fingerprint density at radius 2 is 1.88 bits per heavy atom. The first-order chi connectivity index (χ1) is 8.33. The van der Waals surface area contributed by atoms with E-state index in [-0.39, 0.29) is 0 Å². The van der Waals surface area contributed by atoms with Gasteiger partial charge in [0.2, 0.25) is 0 Å². The number of nitrogens with two attached hydrogens (primary N) is 1. The normalized spacial score (nSPS) is 35.2. The van der Waals surface area contributed by atoms with Crippen molar-refractivity contribution in [1.29, 1.82) is 0 Å². The maximum absolute atomic E-state index is 5.98. The molecule has 1 aromatic carbocycles. The number of hydrogen-bond donors (Lipinski definition) is 1. The fourth-order valence-electron chi connectivity index (χ4n) is 4.10.